The van der Waals surface area contributed by atoms with E-state index in [4.69, 9.17) is 9.84 Å². The molecule has 0 radical (unpaired) electrons. The van der Waals surface area contributed by atoms with Gasteiger partial charge in [-0.3, -0.25) is 0 Å². The van der Waals surface area contributed by atoms with Crippen LogP contribution in [0.4, 0.5) is 0 Å². The van der Waals surface area contributed by atoms with Crippen LogP contribution in [0.25, 0.3) is 0 Å². The number of aromatic nitrogens is 1. The molecule has 37 heavy (non-hydrogen) atoms. The first kappa shape index (κ1) is 28.8. The van der Waals surface area contributed by atoms with Crippen LogP contribution in [0.3, 0.4) is 0 Å². The Morgan fingerprint density at radius 2 is 1.78 bits per heavy atom. The van der Waals surface area contributed by atoms with Crippen LogP contribution in [0.15, 0.2) is 6.20 Å². The number of rotatable bonds is 10. The second-order valence-corrected chi connectivity index (χ2v) is 14.1. The lowest BCUT2D eigenvalue weighted by molar-refractivity contribution is -0.0977. The largest absolute Gasteiger partial charge is 0.483 e. The molecule has 0 aliphatic heterocycles. The van der Waals surface area contributed by atoms with Gasteiger partial charge < -0.3 is 20.1 Å². The highest BCUT2D eigenvalue weighted by Crippen LogP contribution is 2.64. The molecule has 3 N–H and O–H groups in total. The van der Waals surface area contributed by atoms with Crippen molar-refractivity contribution in [2.75, 3.05) is 6.61 Å². The highest BCUT2D eigenvalue weighted by atomic mass is 32.1. The van der Waals surface area contributed by atoms with E-state index < -0.39 is 5.97 Å². The van der Waals surface area contributed by atoms with Crippen molar-refractivity contribution in [3.05, 3.63) is 11.2 Å². The summed E-state index contributed by atoms with van der Waals surface area (Å²) >= 11 is 1.10. The molecule has 4 rings (SSSR count). The molecule has 0 aromatic carbocycles. The molecule has 0 unspecified atom stereocenters. The van der Waals surface area contributed by atoms with E-state index in [2.05, 4.69) is 32.7 Å². The Hall–Kier alpha value is -1.18. The maximum atomic E-state index is 11.1. The second kappa shape index (κ2) is 11.5. The first-order valence-electron chi connectivity index (χ1n) is 14.7. The van der Waals surface area contributed by atoms with Gasteiger partial charge in [0.25, 0.3) is 0 Å². The van der Waals surface area contributed by atoms with E-state index >= 15 is 0 Å². The molecule has 3 saturated carbocycles. The van der Waals surface area contributed by atoms with Crippen LogP contribution in [0.2, 0.25) is 0 Å². The first-order chi connectivity index (χ1) is 17.5. The SMILES string of the molecule is CC[C@@H]([C@H](C)O)[C@@H]1C[C@H](O)CC[C@]1(C)[C@H]1CC[C@@]2(C)[C@@H](CC[C@@H]2[C@H](C)CCOc2cnc(C(=O)O)s2)C1. The summed E-state index contributed by atoms with van der Waals surface area (Å²) < 4.78 is 5.87. The van der Waals surface area contributed by atoms with Gasteiger partial charge in [0.1, 0.15) is 0 Å². The summed E-state index contributed by atoms with van der Waals surface area (Å²) in [6, 6.07) is 0. The number of aliphatic hydroxyl groups is 2. The summed E-state index contributed by atoms with van der Waals surface area (Å²) in [5, 5.41) is 30.9. The Balaban J connectivity index is 1.38. The Morgan fingerprint density at radius 3 is 2.43 bits per heavy atom. The lowest BCUT2D eigenvalue weighted by Crippen LogP contribution is -2.50. The third-order valence-electron chi connectivity index (χ3n) is 11.3. The Bertz CT molecular complexity index is 920. The van der Waals surface area contributed by atoms with Crippen LogP contribution in [-0.4, -0.2) is 45.1 Å². The van der Waals surface area contributed by atoms with Gasteiger partial charge in [-0.05, 0) is 111 Å². The van der Waals surface area contributed by atoms with Crippen LogP contribution in [-0.2, 0) is 0 Å². The number of carboxylic acid groups (broad SMARTS) is 1. The van der Waals surface area contributed by atoms with E-state index in [1.54, 1.807) is 0 Å². The molecule has 0 spiro atoms. The minimum atomic E-state index is -1.01. The monoisotopic (exact) mass is 535 g/mol. The Kier molecular flexibility index (Phi) is 8.97. The molecule has 3 aliphatic carbocycles. The average Bonchev–Trinajstić information content (AvgIpc) is 3.45. The van der Waals surface area contributed by atoms with Gasteiger partial charge in [0.2, 0.25) is 5.01 Å². The zero-order valence-electron chi connectivity index (χ0n) is 23.5. The summed E-state index contributed by atoms with van der Waals surface area (Å²) in [6.45, 7) is 12.1. The van der Waals surface area contributed by atoms with Gasteiger partial charge in [0.15, 0.2) is 5.06 Å². The molecular formula is C30H49NO5S. The number of fused-ring (bicyclic) bond motifs is 1. The van der Waals surface area contributed by atoms with Gasteiger partial charge in [-0.25, -0.2) is 9.78 Å². The highest BCUT2D eigenvalue weighted by Gasteiger charge is 2.55. The average molecular weight is 536 g/mol. The molecule has 7 heteroatoms. The highest BCUT2D eigenvalue weighted by molar-refractivity contribution is 7.15. The summed E-state index contributed by atoms with van der Waals surface area (Å²) in [7, 11) is 0. The summed E-state index contributed by atoms with van der Waals surface area (Å²) in [4.78, 5) is 15.0. The smallest absolute Gasteiger partial charge is 0.365 e. The van der Waals surface area contributed by atoms with E-state index in [1.165, 1.54) is 38.3 Å². The lowest BCUT2D eigenvalue weighted by Gasteiger charge is -2.56. The normalized spacial score (nSPS) is 38.5. The molecule has 1 aromatic rings. The number of carbonyl (C=O) groups is 1. The predicted octanol–water partition coefficient (Wildman–Crippen LogP) is 6.65. The van der Waals surface area contributed by atoms with Crippen molar-refractivity contribution in [1.29, 1.82) is 0 Å². The minimum absolute atomic E-state index is 0.0769. The summed E-state index contributed by atoms with van der Waals surface area (Å²) in [5.74, 6) is 2.31. The van der Waals surface area contributed by atoms with Gasteiger partial charge in [-0.2, -0.15) is 0 Å². The first-order valence-corrected chi connectivity index (χ1v) is 15.5. The zero-order valence-corrected chi connectivity index (χ0v) is 24.3. The minimum Gasteiger partial charge on any atom is -0.483 e. The second-order valence-electron chi connectivity index (χ2n) is 13.1. The van der Waals surface area contributed by atoms with E-state index in [-0.39, 0.29) is 28.5 Å². The van der Waals surface area contributed by atoms with E-state index in [1.807, 2.05) is 6.92 Å². The molecule has 10 atom stereocenters. The lowest BCUT2D eigenvalue weighted by atomic mass is 9.49. The molecule has 0 bridgehead atoms. The van der Waals surface area contributed by atoms with Crippen molar-refractivity contribution in [3.63, 3.8) is 0 Å². The van der Waals surface area contributed by atoms with Crippen molar-refractivity contribution >= 4 is 17.3 Å². The molecule has 3 fully saturated rings. The number of ether oxygens (including phenoxy) is 1. The maximum Gasteiger partial charge on any atom is 0.365 e. The third-order valence-corrected chi connectivity index (χ3v) is 12.2. The number of thiazole rings is 1. The Morgan fingerprint density at radius 1 is 1.11 bits per heavy atom. The van der Waals surface area contributed by atoms with E-state index in [9.17, 15) is 15.0 Å². The van der Waals surface area contributed by atoms with Crippen molar-refractivity contribution in [2.24, 2.45) is 46.3 Å². The maximum absolute atomic E-state index is 11.1. The van der Waals surface area contributed by atoms with Gasteiger partial charge in [0, 0.05) is 0 Å². The molecular weight excluding hydrogens is 486 g/mol. The van der Waals surface area contributed by atoms with Gasteiger partial charge >= 0.3 is 5.97 Å². The van der Waals surface area contributed by atoms with Crippen LogP contribution in [0, 0.1) is 46.3 Å². The number of nitrogens with zero attached hydrogens (tertiary/aromatic N) is 1. The molecule has 1 aromatic heterocycles. The fourth-order valence-electron chi connectivity index (χ4n) is 9.05. The van der Waals surface area contributed by atoms with Crippen LogP contribution in [0.5, 0.6) is 5.06 Å². The van der Waals surface area contributed by atoms with E-state index in [0.29, 0.717) is 40.8 Å². The van der Waals surface area contributed by atoms with Crippen molar-refractivity contribution in [1.82, 2.24) is 4.98 Å². The van der Waals surface area contributed by atoms with Gasteiger partial charge in [0.05, 0.1) is 25.0 Å². The van der Waals surface area contributed by atoms with E-state index in [0.717, 1.165) is 49.4 Å². The number of aliphatic hydroxyl groups excluding tert-OH is 2. The van der Waals surface area contributed by atoms with Crippen LogP contribution < -0.4 is 4.74 Å². The van der Waals surface area contributed by atoms with Crippen molar-refractivity contribution < 1.29 is 24.9 Å². The molecule has 3 aliphatic rings. The number of carboxylic acids is 1. The zero-order chi connectivity index (χ0) is 27.0. The van der Waals surface area contributed by atoms with Gasteiger partial charge in [-0.15, -0.1) is 0 Å². The van der Waals surface area contributed by atoms with Gasteiger partial charge in [-0.1, -0.05) is 45.5 Å². The molecule has 6 nitrogen and oxygen atoms in total. The third kappa shape index (κ3) is 5.74. The fraction of sp³-hybridized carbons (Fsp3) is 0.867. The summed E-state index contributed by atoms with van der Waals surface area (Å²) in [6.07, 6.45) is 12.1. The standard InChI is InChI=1S/C30H49NO5S/c1-6-23(19(3)32)25-16-22(33)10-13-30(25,5)21-9-12-29(4)20(15-21)7-8-24(29)18(2)11-14-36-26-17-31-27(37-26)28(34)35/h17-25,32-33H,6-16H2,1-5H3,(H,34,35)/t18-,19+,20+,21+,22-,23+,24-,25+,29+,30-/m1/s1. The quantitative estimate of drug-likeness (QED) is 0.310. The van der Waals surface area contributed by atoms with Crippen LogP contribution >= 0.6 is 11.3 Å². The Labute approximate surface area is 227 Å². The molecule has 0 saturated heterocycles. The predicted molar refractivity (Wildman–Crippen MR) is 147 cm³/mol. The molecule has 1 heterocycles. The molecule has 210 valence electrons. The molecule has 0 amide bonds. The summed E-state index contributed by atoms with van der Waals surface area (Å²) in [5.41, 5.74) is 0.560. The van der Waals surface area contributed by atoms with Crippen molar-refractivity contribution in [2.45, 2.75) is 111 Å². The number of hydrogen-bond acceptors (Lipinski definition) is 6. The number of aromatic carboxylic acids is 1. The van der Waals surface area contributed by atoms with Crippen molar-refractivity contribution in [3.8, 4) is 5.06 Å². The topological polar surface area (TPSA) is 99.9 Å². The van der Waals surface area contributed by atoms with Crippen LogP contribution in [0.1, 0.15) is 109 Å². The fourth-order valence-corrected chi connectivity index (χ4v) is 9.68. The number of hydrogen-bond donors (Lipinski definition) is 3.